The summed E-state index contributed by atoms with van der Waals surface area (Å²) in [6, 6.07) is 0.181. The summed E-state index contributed by atoms with van der Waals surface area (Å²) in [5, 5.41) is 17.4. The molecule has 2 atom stereocenters. The minimum Gasteiger partial charge on any atom is -0.387 e. The fourth-order valence-electron chi connectivity index (χ4n) is 1.37. The van der Waals surface area contributed by atoms with E-state index in [1.54, 1.807) is 10.9 Å². The molecule has 78 valence electrons. The molecule has 2 heterocycles. The van der Waals surface area contributed by atoms with Crippen LogP contribution < -0.4 is 5.48 Å². The van der Waals surface area contributed by atoms with Gasteiger partial charge in [-0.05, 0) is 6.42 Å². The second kappa shape index (κ2) is 4.04. The average Bonchev–Trinajstić information content (AvgIpc) is 2.86. The lowest BCUT2D eigenvalue weighted by atomic mass is 10.2. The highest BCUT2D eigenvalue weighted by Crippen LogP contribution is 2.15. The number of hydrogen-bond donors (Lipinski definition) is 2. The van der Waals surface area contributed by atoms with Gasteiger partial charge in [0.1, 0.15) is 5.69 Å². The molecule has 0 aromatic carbocycles. The molecule has 1 aromatic heterocycles. The Hall–Kier alpha value is -0.980. The number of aromatic nitrogens is 3. The van der Waals surface area contributed by atoms with Crippen LogP contribution in [-0.4, -0.2) is 33.3 Å². The summed E-state index contributed by atoms with van der Waals surface area (Å²) in [5.41, 5.74) is 3.40. The van der Waals surface area contributed by atoms with E-state index in [1.807, 2.05) is 6.92 Å². The van der Waals surface area contributed by atoms with Crippen LogP contribution in [0.3, 0.4) is 0 Å². The van der Waals surface area contributed by atoms with Gasteiger partial charge in [0.15, 0.2) is 0 Å². The zero-order valence-corrected chi connectivity index (χ0v) is 8.05. The number of aliphatic hydroxyl groups is 1. The van der Waals surface area contributed by atoms with E-state index < -0.39 is 6.10 Å². The van der Waals surface area contributed by atoms with E-state index in [0.29, 0.717) is 18.7 Å². The predicted octanol–water partition coefficient (Wildman–Crippen LogP) is -0.203. The molecule has 1 aromatic rings. The molecule has 0 saturated carbocycles. The van der Waals surface area contributed by atoms with Crippen LogP contribution in [0, 0.1) is 0 Å². The monoisotopic (exact) mass is 198 g/mol. The molecule has 1 aliphatic heterocycles. The topological polar surface area (TPSA) is 72.2 Å². The van der Waals surface area contributed by atoms with Crippen LogP contribution in [0.5, 0.6) is 0 Å². The van der Waals surface area contributed by atoms with Crippen LogP contribution in [0.4, 0.5) is 0 Å². The van der Waals surface area contributed by atoms with Gasteiger partial charge in [-0.1, -0.05) is 12.1 Å². The number of rotatable bonds is 3. The Morgan fingerprint density at radius 2 is 2.71 bits per heavy atom. The van der Waals surface area contributed by atoms with Crippen molar-refractivity contribution in [3.05, 3.63) is 11.9 Å². The Bertz CT molecular complexity index is 295. The van der Waals surface area contributed by atoms with Crippen molar-refractivity contribution >= 4 is 0 Å². The predicted molar refractivity (Wildman–Crippen MR) is 48.3 cm³/mol. The molecular formula is C8H14N4O2. The average molecular weight is 198 g/mol. The first kappa shape index (κ1) is 9.57. The molecule has 2 unspecified atom stereocenters. The lowest BCUT2D eigenvalue weighted by Crippen LogP contribution is -2.14. The van der Waals surface area contributed by atoms with Gasteiger partial charge in [0, 0.05) is 6.54 Å². The number of hydrogen-bond acceptors (Lipinski definition) is 5. The molecule has 6 nitrogen and oxygen atoms in total. The van der Waals surface area contributed by atoms with Crippen molar-refractivity contribution in [3.63, 3.8) is 0 Å². The SMILES string of the molecule is CCC(O)c1cn(C2CNOC2)nn1. The lowest BCUT2D eigenvalue weighted by Gasteiger charge is -2.04. The minimum atomic E-state index is -0.515. The fourth-order valence-corrected chi connectivity index (χ4v) is 1.37. The molecule has 0 aliphatic carbocycles. The highest BCUT2D eigenvalue weighted by molar-refractivity contribution is 4.98. The Kier molecular flexibility index (Phi) is 2.76. The molecule has 0 bridgehead atoms. The Labute approximate surface area is 81.8 Å². The van der Waals surface area contributed by atoms with Gasteiger partial charge < -0.3 is 5.11 Å². The van der Waals surface area contributed by atoms with Crippen LogP contribution in [0.15, 0.2) is 6.20 Å². The smallest absolute Gasteiger partial charge is 0.111 e. The van der Waals surface area contributed by atoms with Crippen molar-refractivity contribution in [2.24, 2.45) is 0 Å². The first-order chi connectivity index (χ1) is 6.81. The van der Waals surface area contributed by atoms with Gasteiger partial charge in [-0.2, -0.15) is 0 Å². The highest BCUT2D eigenvalue weighted by Gasteiger charge is 2.20. The molecule has 1 aliphatic rings. The second-order valence-electron chi connectivity index (χ2n) is 3.36. The van der Waals surface area contributed by atoms with Crippen molar-refractivity contribution in [2.75, 3.05) is 13.2 Å². The summed E-state index contributed by atoms with van der Waals surface area (Å²) in [6.45, 7) is 3.22. The zero-order valence-electron chi connectivity index (χ0n) is 8.05. The molecular weight excluding hydrogens is 184 g/mol. The van der Waals surface area contributed by atoms with Crippen molar-refractivity contribution in [2.45, 2.75) is 25.5 Å². The maximum atomic E-state index is 9.52. The minimum absolute atomic E-state index is 0.181. The summed E-state index contributed by atoms with van der Waals surface area (Å²) in [7, 11) is 0. The maximum absolute atomic E-state index is 9.52. The molecule has 1 saturated heterocycles. The van der Waals surface area contributed by atoms with E-state index in [-0.39, 0.29) is 6.04 Å². The number of nitrogens with one attached hydrogen (secondary N) is 1. The third-order valence-corrected chi connectivity index (χ3v) is 2.33. The van der Waals surface area contributed by atoms with Crippen molar-refractivity contribution in [1.82, 2.24) is 20.5 Å². The highest BCUT2D eigenvalue weighted by atomic mass is 16.7. The Morgan fingerprint density at radius 3 is 3.36 bits per heavy atom. The van der Waals surface area contributed by atoms with E-state index in [1.165, 1.54) is 0 Å². The van der Waals surface area contributed by atoms with Gasteiger partial charge in [0.05, 0.1) is 24.9 Å². The third-order valence-electron chi connectivity index (χ3n) is 2.33. The van der Waals surface area contributed by atoms with Crippen LogP contribution >= 0.6 is 0 Å². The van der Waals surface area contributed by atoms with Crippen molar-refractivity contribution in [3.8, 4) is 0 Å². The molecule has 2 rings (SSSR count). The fraction of sp³-hybridized carbons (Fsp3) is 0.750. The largest absolute Gasteiger partial charge is 0.387 e. The Balaban J connectivity index is 2.08. The van der Waals surface area contributed by atoms with Crippen molar-refractivity contribution < 1.29 is 9.94 Å². The maximum Gasteiger partial charge on any atom is 0.111 e. The molecule has 14 heavy (non-hydrogen) atoms. The normalized spacial score (nSPS) is 24.0. The Morgan fingerprint density at radius 1 is 1.86 bits per heavy atom. The molecule has 1 fully saturated rings. The van der Waals surface area contributed by atoms with Gasteiger partial charge in [-0.25, -0.2) is 10.2 Å². The standard InChI is InChI=1S/C8H14N4O2/c1-2-8(13)7-4-12(11-10-7)6-3-9-14-5-6/h4,6,8-9,13H,2-3,5H2,1H3. The molecule has 0 spiro atoms. The summed E-state index contributed by atoms with van der Waals surface area (Å²) in [4.78, 5) is 5.01. The summed E-state index contributed by atoms with van der Waals surface area (Å²) in [6.07, 6.45) is 1.91. The number of aliphatic hydroxyl groups excluding tert-OH is 1. The third kappa shape index (κ3) is 1.77. The summed E-state index contributed by atoms with van der Waals surface area (Å²) >= 11 is 0. The molecule has 6 heteroatoms. The van der Waals surface area contributed by atoms with Crippen LogP contribution in [-0.2, 0) is 4.84 Å². The van der Waals surface area contributed by atoms with Crippen molar-refractivity contribution in [1.29, 1.82) is 0 Å². The van der Waals surface area contributed by atoms with E-state index in [9.17, 15) is 5.11 Å². The molecule has 0 radical (unpaired) electrons. The van der Waals surface area contributed by atoms with Gasteiger partial charge in [-0.15, -0.1) is 5.10 Å². The summed E-state index contributed by atoms with van der Waals surface area (Å²) in [5.74, 6) is 0. The quantitative estimate of drug-likeness (QED) is 0.703. The number of nitrogens with zero attached hydrogens (tertiary/aromatic N) is 3. The molecule has 2 N–H and O–H groups in total. The van der Waals surface area contributed by atoms with Crippen LogP contribution in [0.2, 0.25) is 0 Å². The zero-order chi connectivity index (χ0) is 9.97. The van der Waals surface area contributed by atoms with Gasteiger partial charge >= 0.3 is 0 Å². The van der Waals surface area contributed by atoms with E-state index >= 15 is 0 Å². The summed E-state index contributed by atoms with van der Waals surface area (Å²) < 4.78 is 1.73. The van der Waals surface area contributed by atoms with Gasteiger partial charge in [0.2, 0.25) is 0 Å². The second-order valence-corrected chi connectivity index (χ2v) is 3.36. The van der Waals surface area contributed by atoms with E-state index in [2.05, 4.69) is 15.8 Å². The molecule has 0 amide bonds. The first-order valence-corrected chi connectivity index (χ1v) is 4.75. The van der Waals surface area contributed by atoms with Crippen LogP contribution in [0.25, 0.3) is 0 Å². The van der Waals surface area contributed by atoms with Gasteiger partial charge in [0.25, 0.3) is 0 Å². The lowest BCUT2D eigenvalue weighted by molar-refractivity contribution is 0.0968. The van der Waals surface area contributed by atoms with Crippen LogP contribution in [0.1, 0.15) is 31.2 Å². The van der Waals surface area contributed by atoms with E-state index in [0.717, 1.165) is 6.54 Å². The first-order valence-electron chi connectivity index (χ1n) is 4.75. The number of hydroxylamine groups is 1. The van der Waals surface area contributed by atoms with Gasteiger partial charge in [-0.3, -0.25) is 4.84 Å². The van der Waals surface area contributed by atoms with E-state index in [4.69, 9.17) is 4.84 Å².